The second-order valence-corrected chi connectivity index (χ2v) is 5.64. The van der Waals surface area contributed by atoms with Crippen molar-refractivity contribution in [3.63, 3.8) is 0 Å². The Morgan fingerprint density at radius 1 is 1.04 bits per heavy atom. The highest BCUT2D eigenvalue weighted by molar-refractivity contribution is 5.68. The topological polar surface area (TPSA) is 65.1 Å². The van der Waals surface area contributed by atoms with E-state index in [9.17, 15) is 4.79 Å². The molecule has 0 aliphatic heterocycles. The summed E-state index contributed by atoms with van der Waals surface area (Å²) in [6.45, 7) is 1.93. The van der Waals surface area contributed by atoms with Gasteiger partial charge < -0.3 is 0 Å². The van der Waals surface area contributed by atoms with Gasteiger partial charge in [-0.3, -0.25) is 19.4 Å². The normalized spacial score (nSPS) is 11.4. The number of fused-ring (bicyclic) bond motifs is 1. The van der Waals surface area contributed by atoms with E-state index >= 15 is 0 Å². The van der Waals surface area contributed by atoms with Crippen molar-refractivity contribution >= 4 is 17.8 Å². The molecule has 0 atom stereocenters. The quantitative estimate of drug-likeness (QED) is 0.580. The first-order valence-corrected chi connectivity index (χ1v) is 7.83. The van der Waals surface area contributed by atoms with Gasteiger partial charge in [-0.15, -0.1) is 0 Å². The number of hydrogen-bond donors (Lipinski definition) is 0. The predicted octanol–water partition coefficient (Wildman–Crippen LogP) is 2.75. The van der Waals surface area contributed by atoms with E-state index in [0.29, 0.717) is 11.3 Å². The molecule has 4 heterocycles. The van der Waals surface area contributed by atoms with Crippen LogP contribution in [0.2, 0.25) is 0 Å². The molecule has 0 saturated heterocycles. The maximum absolute atomic E-state index is 12.7. The van der Waals surface area contributed by atoms with E-state index < -0.39 is 0 Å². The largest absolute Gasteiger partial charge is 0.273 e. The van der Waals surface area contributed by atoms with Gasteiger partial charge in [0.1, 0.15) is 0 Å². The van der Waals surface area contributed by atoms with Crippen molar-refractivity contribution in [2.75, 3.05) is 0 Å². The predicted molar refractivity (Wildman–Crippen MR) is 96.5 cm³/mol. The fourth-order valence-electron chi connectivity index (χ4n) is 2.68. The van der Waals surface area contributed by atoms with Gasteiger partial charge in [-0.25, -0.2) is 4.98 Å². The third-order valence-corrected chi connectivity index (χ3v) is 3.84. The van der Waals surface area contributed by atoms with Gasteiger partial charge in [0, 0.05) is 36.4 Å². The molecular weight excluding hydrogens is 314 g/mol. The van der Waals surface area contributed by atoms with E-state index in [1.54, 1.807) is 34.0 Å². The first kappa shape index (κ1) is 15.0. The van der Waals surface area contributed by atoms with Crippen LogP contribution < -0.4 is 5.56 Å². The van der Waals surface area contributed by atoms with E-state index in [4.69, 9.17) is 0 Å². The van der Waals surface area contributed by atoms with Crippen molar-refractivity contribution in [1.29, 1.82) is 0 Å². The Labute approximate surface area is 143 Å². The van der Waals surface area contributed by atoms with Gasteiger partial charge in [0.2, 0.25) is 0 Å². The summed E-state index contributed by atoms with van der Waals surface area (Å²) in [4.78, 5) is 25.4. The van der Waals surface area contributed by atoms with Crippen LogP contribution in [-0.2, 0) is 0 Å². The average molecular weight is 329 g/mol. The maximum atomic E-state index is 12.7. The Bertz CT molecular complexity index is 1110. The molecule has 6 nitrogen and oxygen atoms in total. The fraction of sp³-hybridized carbons (Fsp3) is 0.0526. The summed E-state index contributed by atoms with van der Waals surface area (Å²) in [6, 6.07) is 9.06. The van der Waals surface area contributed by atoms with Crippen molar-refractivity contribution in [1.82, 2.24) is 24.1 Å². The molecule has 0 spiro atoms. The van der Waals surface area contributed by atoms with Crippen LogP contribution in [0.15, 0.2) is 66.1 Å². The van der Waals surface area contributed by atoms with Crippen LogP contribution in [0.5, 0.6) is 0 Å². The van der Waals surface area contributed by atoms with Gasteiger partial charge in [-0.05, 0) is 36.8 Å². The van der Waals surface area contributed by atoms with Gasteiger partial charge >= 0.3 is 0 Å². The molecule has 0 fully saturated rings. The Balaban J connectivity index is 1.83. The molecule has 4 aromatic heterocycles. The molecule has 25 heavy (non-hydrogen) atoms. The van der Waals surface area contributed by atoms with E-state index in [2.05, 4.69) is 15.0 Å². The zero-order valence-electron chi connectivity index (χ0n) is 13.6. The van der Waals surface area contributed by atoms with E-state index in [0.717, 1.165) is 16.8 Å². The van der Waals surface area contributed by atoms with Crippen LogP contribution in [0.4, 0.5) is 0 Å². The molecule has 0 unspecified atom stereocenters. The fourth-order valence-corrected chi connectivity index (χ4v) is 2.68. The SMILES string of the molecule is Cc1cn(-c2cccnc2)n2c(=O)cc(C=Cc3cccnc3)nc12. The molecule has 0 aromatic carbocycles. The number of rotatable bonds is 3. The molecule has 0 saturated carbocycles. The second kappa shape index (κ2) is 6.16. The Hall–Kier alpha value is -3.54. The van der Waals surface area contributed by atoms with E-state index in [-0.39, 0.29) is 5.56 Å². The lowest BCUT2D eigenvalue weighted by atomic mass is 10.2. The van der Waals surface area contributed by atoms with Crippen molar-refractivity contribution in [3.05, 3.63) is 88.5 Å². The van der Waals surface area contributed by atoms with Crippen molar-refractivity contribution in [2.24, 2.45) is 0 Å². The third kappa shape index (κ3) is 2.85. The Morgan fingerprint density at radius 2 is 1.84 bits per heavy atom. The van der Waals surface area contributed by atoms with Crippen LogP contribution in [0.1, 0.15) is 16.8 Å². The minimum absolute atomic E-state index is 0.146. The van der Waals surface area contributed by atoms with Gasteiger partial charge in [0.05, 0.1) is 17.6 Å². The highest BCUT2D eigenvalue weighted by Gasteiger charge is 2.11. The number of hydrogen-bond acceptors (Lipinski definition) is 4. The maximum Gasteiger partial charge on any atom is 0.273 e. The summed E-state index contributed by atoms with van der Waals surface area (Å²) >= 11 is 0. The molecule has 6 heteroatoms. The zero-order valence-corrected chi connectivity index (χ0v) is 13.6. The van der Waals surface area contributed by atoms with Crippen LogP contribution in [0.25, 0.3) is 23.5 Å². The molecular formula is C19H15N5O. The molecule has 122 valence electrons. The molecule has 4 rings (SSSR count). The van der Waals surface area contributed by atoms with E-state index in [1.165, 1.54) is 6.07 Å². The monoisotopic (exact) mass is 329 g/mol. The lowest BCUT2D eigenvalue weighted by Gasteiger charge is -2.05. The lowest BCUT2D eigenvalue weighted by molar-refractivity contribution is 0.760. The van der Waals surface area contributed by atoms with Crippen LogP contribution >= 0.6 is 0 Å². The molecule has 0 amide bonds. The molecule has 0 bridgehead atoms. The average Bonchev–Trinajstić information content (AvgIpc) is 2.99. The lowest BCUT2D eigenvalue weighted by Crippen LogP contribution is -2.20. The van der Waals surface area contributed by atoms with Gasteiger partial charge in [-0.1, -0.05) is 12.1 Å². The molecule has 0 aliphatic carbocycles. The number of aromatic nitrogens is 5. The standard InChI is InChI=1S/C19H15N5O/c1-14-13-23(17-5-3-9-21-12-17)24-18(25)10-16(22-19(14)24)7-6-15-4-2-8-20-11-15/h2-13H,1H3. The Morgan fingerprint density at radius 3 is 2.56 bits per heavy atom. The number of nitrogens with zero attached hydrogens (tertiary/aromatic N) is 5. The van der Waals surface area contributed by atoms with E-state index in [1.807, 2.05) is 49.5 Å². The van der Waals surface area contributed by atoms with Crippen molar-refractivity contribution < 1.29 is 0 Å². The number of aryl methyl sites for hydroxylation is 1. The van der Waals surface area contributed by atoms with Crippen LogP contribution in [0.3, 0.4) is 0 Å². The summed E-state index contributed by atoms with van der Waals surface area (Å²) in [5, 5.41) is 0. The molecule has 0 radical (unpaired) electrons. The number of pyridine rings is 2. The summed E-state index contributed by atoms with van der Waals surface area (Å²) in [6.07, 6.45) is 12.5. The van der Waals surface area contributed by atoms with Crippen LogP contribution in [-0.4, -0.2) is 24.1 Å². The minimum Gasteiger partial charge on any atom is -0.267 e. The second-order valence-electron chi connectivity index (χ2n) is 5.64. The van der Waals surface area contributed by atoms with Gasteiger partial charge in [-0.2, -0.15) is 4.52 Å². The summed E-state index contributed by atoms with van der Waals surface area (Å²) < 4.78 is 3.31. The minimum atomic E-state index is -0.146. The summed E-state index contributed by atoms with van der Waals surface area (Å²) in [7, 11) is 0. The third-order valence-electron chi connectivity index (χ3n) is 3.84. The smallest absolute Gasteiger partial charge is 0.267 e. The highest BCUT2D eigenvalue weighted by Crippen LogP contribution is 2.14. The zero-order chi connectivity index (χ0) is 17.2. The molecule has 0 aliphatic rings. The van der Waals surface area contributed by atoms with Crippen LogP contribution in [0, 0.1) is 6.92 Å². The first-order valence-electron chi connectivity index (χ1n) is 7.83. The molecule has 4 aromatic rings. The highest BCUT2D eigenvalue weighted by atomic mass is 16.1. The van der Waals surface area contributed by atoms with Crippen molar-refractivity contribution in [2.45, 2.75) is 6.92 Å². The summed E-state index contributed by atoms with van der Waals surface area (Å²) in [5.41, 5.74) is 3.77. The van der Waals surface area contributed by atoms with Gasteiger partial charge in [0.15, 0.2) is 5.65 Å². The molecule has 0 N–H and O–H groups in total. The van der Waals surface area contributed by atoms with Crippen molar-refractivity contribution in [3.8, 4) is 5.69 Å². The van der Waals surface area contributed by atoms with Gasteiger partial charge in [0.25, 0.3) is 5.56 Å². The Kier molecular flexibility index (Phi) is 3.70. The first-order chi connectivity index (χ1) is 12.2. The summed E-state index contributed by atoms with van der Waals surface area (Å²) in [5.74, 6) is 0.